The van der Waals surface area contributed by atoms with E-state index < -0.39 is 0 Å². The number of anilines is 1. The van der Waals surface area contributed by atoms with E-state index in [1.165, 1.54) is 31.2 Å². The normalized spacial score (nSPS) is 17.7. The molecule has 0 spiro atoms. The molecule has 0 bridgehead atoms. The lowest BCUT2D eigenvalue weighted by molar-refractivity contribution is -0.121. The number of rotatable bonds is 6. The van der Waals surface area contributed by atoms with Gasteiger partial charge in [0.25, 0.3) is 0 Å². The topological polar surface area (TPSA) is 41.1 Å². The third-order valence-corrected chi connectivity index (χ3v) is 4.16. The fourth-order valence-corrected chi connectivity index (χ4v) is 2.86. The molecule has 2 saturated carbocycles. The molecule has 0 aromatic heterocycles. The van der Waals surface area contributed by atoms with Crippen LogP contribution in [0.25, 0.3) is 0 Å². The Morgan fingerprint density at radius 1 is 1.15 bits per heavy atom. The van der Waals surface area contributed by atoms with Gasteiger partial charge in [-0.2, -0.15) is 0 Å². The van der Waals surface area contributed by atoms with Crippen molar-refractivity contribution in [3.63, 3.8) is 0 Å². The van der Waals surface area contributed by atoms with Gasteiger partial charge in [-0.3, -0.25) is 4.79 Å². The minimum Gasteiger partial charge on any atom is -0.326 e. The number of carbonyl (C=O) groups is 1. The molecule has 2 N–H and O–H groups in total. The molecule has 4 heteroatoms. The number of halogens is 1. The number of hydrogen-bond acceptors (Lipinski definition) is 2. The maximum atomic E-state index is 12.4. The number of amides is 1. The number of carbonyl (C=O) groups excluding carboxylic acids is 1. The Labute approximate surface area is 126 Å². The average Bonchev–Trinajstić information content (AvgIpc) is 3.26. The average molecular weight is 295 g/mol. The van der Waals surface area contributed by atoms with Crippen LogP contribution in [0.3, 0.4) is 0 Å². The lowest BCUT2D eigenvalue weighted by Gasteiger charge is -2.15. The first-order valence-corrected chi connectivity index (χ1v) is 7.32. The van der Waals surface area contributed by atoms with Crippen LogP contribution in [0.5, 0.6) is 0 Å². The van der Waals surface area contributed by atoms with E-state index in [2.05, 4.69) is 22.8 Å². The molecule has 0 unspecified atom stereocenters. The Morgan fingerprint density at radius 2 is 1.70 bits per heavy atom. The van der Waals surface area contributed by atoms with E-state index in [0.29, 0.717) is 11.8 Å². The van der Waals surface area contributed by atoms with Crippen LogP contribution in [0, 0.1) is 17.8 Å². The van der Waals surface area contributed by atoms with Gasteiger partial charge in [0.05, 0.1) is 0 Å². The first-order valence-electron chi connectivity index (χ1n) is 7.32. The molecular weight excluding hydrogens is 272 g/mol. The maximum Gasteiger partial charge on any atom is 0.228 e. The molecule has 0 aliphatic heterocycles. The number of hydrogen-bond donors (Lipinski definition) is 2. The molecule has 2 aliphatic rings. The summed E-state index contributed by atoms with van der Waals surface area (Å²) < 4.78 is 0. The zero-order valence-corrected chi connectivity index (χ0v) is 12.7. The smallest absolute Gasteiger partial charge is 0.228 e. The van der Waals surface area contributed by atoms with Crippen LogP contribution in [0.4, 0.5) is 5.69 Å². The minimum absolute atomic E-state index is 0. The molecule has 20 heavy (non-hydrogen) atoms. The molecule has 1 aromatic rings. The summed E-state index contributed by atoms with van der Waals surface area (Å²) in [7, 11) is 1.94. The van der Waals surface area contributed by atoms with Gasteiger partial charge in [-0.1, -0.05) is 12.1 Å². The van der Waals surface area contributed by atoms with Crippen LogP contribution in [0.15, 0.2) is 24.3 Å². The highest BCUT2D eigenvalue weighted by Crippen LogP contribution is 2.49. The van der Waals surface area contributed by atoms with E-state index >= 15 is 0 Å². The Bertz CT molecular complexity index is 440. The van der Waals surface area contributed by atoms with Crippen molar-refractivity contribution in [3.8, 4) is 0 Å². The quantitative estimate of drug-likeness (QED) is 0.846. The predicted octanol–water partition coefficient (Wildman–Crippen LogP) is 3.20. The van der Waals surface area contributed by atoms with Gasteiger partial charge in [0, 0.05) is 18.2 Å². The van der Waals surface area contributed by atoms with Crippen molar-refractivity contribution in [2.24, 2.45) is 17.8 Å². The zero-order chi connectivity index (χ0) is 13.2. The lowest BCUT2D eigenvalue weighted by Crippen LogP contribution is -2.26. The van der Waals surface area contributed by atoms with E-state index in [1.807, 2.05) is 19.2 Å². The summed E-state index contributed by atoms with van der Waals surface area (Å²) in [4.78, 5) is 12.4. The van der Waals surface area contributed by atoms with E-state index in [9.17, 15) is 4.79 Å². The molecule has 0 saturated heterocycles. The maximum absolute atomic E-state index is 12.4. The second kappa shape index (κ2) is 6.59. The molecule has 2 aliphatic carbocycles. The second-order valence-electron chi connectivity index (χ2n) is 5.92. The van der Waals surface area contributed by atoms with Crippen LogP contribution in [0.1, 0.15) is 31.2 Å². The van der Waals surface area contributed by atoms with E-state index in [-0.39, 0.29) is 24.2 Å². The third kappa shape index (κ3) is 3.74. The van der Waals surface area contributed by atoms with E-state index in [0.717, 1.165) is 12.2 Å². The van der Waals surface area contributed by atoms with E-state index in [1.54, 1.807) is 0 Å². The van der Waals surface area contributed by atoms with Crippen LogP contribution >= 0.6 is 12.4 Å². The summed E-state index contributed by atoms with van der Waals surface area (Å²) in [6.07, 6.45) is 4.98. The van der Waals surface area contributed by atoms with Gasteiger partial charge < -0.3 is 10.6 Å². The highest BCUT2D eigenvalue weighted by molar-refractivity contribution is 5.93. The summed E-state index contributed by atoms with van der Waals surface area (Å²) in [5.41, 5.74) is 2.16. The molecule has 0 heterocycles. The minimum atomic E-state index is 0. The van der Waals surface area contributed by atoms with Crippen molar-refractivity contribution in [1.82, 2.24) is 5.32 Å². The first kappa shape index (κ1) is 15.3. The molecule has 110 valence electrons. The van der Waals surface area contributed by atoms with Crippen LogP contribution in [0.2, 0.25) is 0 Å². The zero-order valence-electron chi connectivity index (χ0n) is 11.9. The van der Waals surface area contributed by atoms with Crippen LogP contribution < -0.4 is 10.6 Å². The van der Waals surface area contributed by atoms with Crippen LogP contribution in [-0.2, 0) is 11.3 Å². The van der Waals surface area contributed by atoms with Crippen molar-refractivity contribution < 1.29 is 4.79 Å². The SMILES string of the molecule is CNCc1ccc(NC(=O)C(C2CC2)C2CC2)cc1.Cl. The van der Waals surface area contributed by atoms with Crippen molar-refractivity contribution in [1.29, 1.82) is 0 Å². The van der Waals surface area contributed by atoms with E-state index in [4.69, 9.17) is 0 Å². The van der Waals surface area contributed by atoms with Gasteiger partial charge in [0.2, 0.25) is 5.91 Å². The number of nitrogens with one attached hydrogen (secondary N) is 2. The first-order chi connectivity index (χ1) is 9.28. The van der Waals surface area contributed by atoms with Crippen LogP contribution in [-0.4, -0.2) is 13.0 Å². The summed E-state index contributed by atoms with van der Waals surface area (Å²) >= 11 is 0. The van der Waals surface area contributed by atoms with Gasteiger partial charge in [-0.15, -0.1) is 12.4 Å². The summed E-state index contributed by atoms with van der Waals surface area (Å²) in [6.45, 7) is 0.862. The number of benzene rings is 1. The Hall–Kier alpha value is -1.06. The summed E-state index contributed by atoms with van der Waals surface area (Å²) in [6, 6.07) is 8.13. The highest BCUT2D eigenvalue weighted by atomic mass is 35.5. The monoisotopic (exact) mass is 294 g/mol. The molecule has 3 nitrogen and oxygen atoms in total. The lowest BCUT2D eigenvalue weighted by atomic mass is 9.97. The standard InChI is InChI=1S/C16H22N2O.ClH/c1-17-10-11-2-8-14(9-3-11)18-16(19)15(12-4-5-12)13-6-7-13;/h2-3,8-9,12-13,15,17H,4-7,10H2,1H3,(H,18,19);1H. The molecule has 3 rings (SSSR count). The third-order valence-electron chi connectivity index (χ3n) is 4.16. The van der Waals surface area contributed by atoms with Gasteiger partial charge in [-0.25, -0.2) is 0 Å². The van der Waals surface area contributed by atoms with Crippen molar-refractivity contribution in [2.75, 3.05) is 12.4 Å². The van der Waals surface area contributed by atoms with Gasteiger partial charge in [0.1, 0.15) is 0 Å². The second-order valence-corrected chi connectivity index (χ2v) is 5.92. The summed E-state index contributed by atoms with van der Waals surface area (Å²) in [5.74, 6) is 1.84. The van der Waals surface area contributed by atoms with Gasteiger partial charge in [-0.05, 0) is 62.3 Å². The molecule has 2 fully saturated rings. The van der Waals surface area contributed by atoms with Gasteiger partial charge in [0.15, 0.2) is 0 Å². The predicted molar refractivity (Wildman–Crippen MR) is 84.0 cm³/mol. The molecule has 0 atom stereocenters. The highest BCUT2D eigenvalue weighted by Gasteiger charge is 2.45. The Morgan fingerprint density at radius 3 is 2.15 bits per heavy atom. The fourth-order valence-electron chi connectivity index (χ4n) is 2.86. The molecular formula is C16H23ClN2O. The van der Waals surface area contributed by atoms with Gasteiger partial charge >= 0.3 is 0 Å². The Balaban J connectivity index is 0.00000147. The molecule has 1 aromatic carbocycles. The molecule has 0 radical (unpaired) electrons. The summed E-state index contributed by atoms with van der Waals surface area (Å²) in [5, 5.41) is 6.22. The Kier molecular flexibility index (Phi) is 5.06. The van der Waals surface area contributed by atoms with Crippen molar-refractivity contribution >= 4 is 24.0 Å². The van der Waals surface area contributed by atoms with Crippen molar-refractivity contribution in [3.05, 3.63) is 29.8 Å². The fraction of sp³-hybridized carbons (Fsp3) is 0.562. The molecule has 1 amide bonds. The van der Waals surface area contributed by atoms with Crippen molar-refractivity contribution in [2.45, 2.75) is 32.2 Å². The largest absolute Gasteiger partial charge is 0.326 e.